The molecule has 0 N–H and O–H groups in total. The smallest absolute Gasteiger partial charge is 0.139 e. The molecule has 1 atom stereocenters. The minimum Gasteiger partial charge on any atom is -0.461 e. The van der Waals surface area contributed by atoms with E-state index in [2.05, 4.69) is 70.2 Å². The summed E-state index contributed by atoms with van der Waals surface area (Å²) in [6, 6.07) is 17.2. The van der Waals surface area contributed by atoms with Gasteiger partial charge >= 0.3 is 0 Å². The van der Waals surface area contributed by atoms with Gasteiger partial charge in [-0.2, -0.15) is 0 Å². The van der Waals surface area contributed by atoms with Gasteiger partial charge in [0, 0.05) is 39.8 Å². The minimum absolute atomic E-state index is 0.182. The summed E-state index contributed by atoms with van der Waals surface area (Å²) in [6.45, 7) is 4.43. The molecule has 0 saturated carbocycles. The van der Waals surface area contributed by atoms with Gasteiger partial charge in [0.15, 0.2) is 0 Å². The van der Waals surface area contributed by atoms with Crippen LogP contribution in [0.4, 0.5) is 5.69 Å². The van der Waals surface area contributed by atoms with Gasteiger partial charge in [0.05, 0.1) is 19.3 Å². The molecule has 5 rings (SSSR count). The standard InChI is InChI=1S/C22H20BrNO2/c1-14-18-11-16-7-8-17(23)12-19(16)24-9-10-25-13-20(24)21(18)22(26-14)15-5-3-2-4-6-15/h2-8,12,20H,9-11,13H2,1H3/t20-/m0/s1. The molecule has 3 aromatic rings. The first-order valence-corrected chi connectivity index (χ1v) is 9.82. The lowest BCUT2D eigenvalue weighted by Crippen LogP contribution is -2.39. The van der Waals surface area contributed by atoms with E-state index in [1.807, 2.05) is 6.07 Å². The van der Waals surface area contributed by atoms with Crippen molar-refractivity contribution in [3.63, 3.8) is 0 Å². The third-order valence-corrected chi connectivity index (χ3v) is 5.96. The van der Waals surface area contributed by atoms with Crippen molar-refractivity contribution in [1.29, 1.82) is 0 Å². The van der Waals surface area contributed by atoms with Crippen molar-refractivity contribution in [2.24, 2.45) is 0 Å². The van der Waals surface area contributed by atoms with Crippen LogP contribution >= 0.6 is 15.9 Å². The molecule has 4 heteroatoms. The van der Waals surface area contributed by atoms with Crippen LogP contribution < -0.4 is 4.90 Å². The molecule has 132 valence electrons. The predicted molar refractivity (Wildman–Crippen MR) is 107 cm³/mol. The maximum absolute atomic E-state index is 6.31. The number of nitrogens with zero attached hydrogens (tertiary/aromatic N) is 1. The first-order valence-electron chi connectivity index (χ1n) is 9.03. The molecule has 0 radical (unpaired) electrons. The predicted octanol–water partition coefficient (Wildman–Crippen LogP) is 5.50. The molecule has 2 aliphatic rings. The zero-order valence-electron chi connectivity index (χ0n) is 14.7. The second kappa shape index (κ2) is 6.29. The van der Waals surface area contributed by atoms with Crippen molar-refractivity contribution in [1.82, 2.24) is 0 Å². The summed E-state index contributed by atoms with van der Waals surface area (Å²) in [4.78, 5) is 2.50. The number of morpholine rings is 1. The van der Waals surface area contributed by atoms with Crippen molar-refractivity contribution in [2.75, 3.05) is 24.7 Å². The van der Waals surface area contributed by atoms with Gasteiger partial charge in [0.2, 0.25) is 0 Å². The quantitative estimate of drug-likeness (QED) is 0.530. The highest BCUT2D eigenvalue weighted by molar-refractivity contribution is 9.10. The van der Waals surface area contributed by atoms with Crippen LogP contribution in [0.5, 0.6) is 0 Å². The number of furan rings is 1. The van der Waals surface area contributed by atoms with Crippen LogP contribution in [0.2, 0.25) is 0 Å². The van der Waals surface area contributed by atoms with E-state index in [1.165, 1.54) is 22.4 Å². The van der Waals surface area contributed by atoms with Crippen LogP contribution in [0, 0.1) is 6.92 Å². The molecule has 2 aliphatic heterocycles. The van der Waals surface area contributed by atoms with E-state index in [1.54, 1.807) is 0 Å². The topological polar surface area (TPSA) is 25.6 Å². The highest BCUT2D eigenvalue weighted by Crippen LogP contribution is 2.45. The number of anilines is 1. The molecule has 0 bridgehead atoms. The summed E-state index contributed by atoms with van der Waals surface area (Å²) in [5, 5.41) is 0. The Balaban J connectivity index is 1.75. The molecule has 3 nitrogen and oxygen atoms in total. The van der Waals surface area contributed by atoms with Crippen molar-refractivity contribution in [3.8, 4) is 11.3 Å². The summed E-state index contributed by atoms with van der Waals surface area (Å²) >= 11 is 3.65. The Morgan fingerprint density at radius 2 is 1.96 bits per heavy atom. The Kier molecular flexibility index (Phi) is 3.91. The summed E-state index contributed by atoms with van der Waals surface area (Å²) in [7, 11) is 0. The van der Waals surface area contributed by atoms with Crippen LogP contribution in [0.3, 0.4) is 0 Å². The molecular formula is C22H20BrNO2. The van der Waals surface area contributed by atoms with E-state index in [0.717, 1.165) is 41.1 Å². The normalized spacial score (nSPS) is 18.7. The van der Waals surface area contributed by atoms with Gasteiger partial charge in [-0.3, -0.25) is 0 Å². The number of benzene rings is 2. The van der Waals surface area contributed by atoms with Gasteiger partial charge in [0.1, 0.15) is 11.5 Å². The first-order chi connectivity index (χ1) is 12.7. The van der Waals surface area contributed by atoms with Crippen LogP contribution in [-0.4, -0.2) is 19.8 Å². The summed E-state index contributed by atoms with van der Waals surface area (Å²) in [5.74, 6) is 2.01. The number of ether oxygens (including phenoxy) is 1. The van der Waals surface area contributed by atoms with Gasteiger partial charge in [-0.1, -0.05) is 52.3 Å². The van der Waals surface area contributed by atoms with Crippen LogP contribution in [0.25, 0.3) is 11.3 Å². The van der Waals surface area contributed by atoms with Gasteiger partial charge in [-0.25, -0.2) is 0 Å². The molecule has 0 aliphatic carbocycles. The van der Waals surface area contributed by atoms with Crippen LogP contribution in [-0.2, 0) is 11.2 Å². The minimum atomic E-state index is 0.182. The van der Waals surface area contributed by atoms with Crippen molar-refractivity contribution in [2.45, 2.75) is 19.4 Å². The second-order valence-corrected chi connectivity index (χ2v) is 7.90. The fourth-order valence-electron chi connectivity index (χ4n) is 4.25. The van der Waals surface area contributed by atoms with Gasteiger partial charge in [0.25, 0.3) is 0 Å². The van der Waals surface area contributed by atoms with E-state index in [4.69, 9.17) is 9.15 Å². The maximum atomic E-state index is 6.31. The molecule has 1 fully saturated rings. The van der Waals surface area contributed by atoms with Crippen molar-refractivity contribution < 1.29 is 9.15 Å². The number of hydrogen-bond acceptors (Lipinski definition) is 3. The van der Waals surface area contributed by atoms with Crippen LogP contribution in [0.15, 0.2) is 57.4 Å². The van der Waals surface area contributed by atoms with Crippen molar-refractivity contribution >= 4 is 21.6 Å². The van der Waals surface area contributed by atoms with Crippen LogP contribution in [0.1, 0.15) is 28.5 Å². The molecule has 26 heavy (non-hydrogen) atoms. The Morgan fingerprint density at radius 1 is 1.12 bits per heavy atom. The zero-order valence-corrected chi connectivity index (χ0v) is 16.3. The monoisotopic (exact) mass is 409 g/mol. The average Bonchev–Trinajstić information content (AvgIpc) is 2.92. The largest absolute Gasteiger partial charge is 0.461 e. The zero-order chi connectivity index (χ0) is 17.7. The summed E-state index contributed by atoms with van der Waals surface area (Å²) < 4.78 is 13.3. The molecule has 0 amide bonds. The first kappa shape index (κ1) is 16.2. The Morgan fingerprint density at radius 3 is 2.81 bits per heavy atom. The SMILES string of the molecule is Cc1oc(-c2ccccc2)c2c1Cc1ccc(Br)cc1N1CCOC[C@@H]21. The molecule has 0 unspecified atom stereocenters. The van der Waals surface area contributed by atoms with Gasteiger partial charge in [-0.05, 0) is 24.6 Å². The average molecular weight is 410 g/mol. The lowest BCUT2D eigenvalue weighted by molar-refractivity contribution is 0.0942. The third-order valence-electron chi connectivity index (χ3n) is 5.47. The number of fused-ring (bicyclic) bond motifs is 5. The van der Waals surface area contributed by atoms with E-state index < -0.39 is 0 Å². The Bertz CT molecular complexity index is 964. The molecule has 1 aromatic heterocycles. The lowest BCUT2D eigenvalue weighted by Gasteiger charge is -2.37. The lowest BCUT2D eigenvalue weighted by atomic mass is 9.95. The molecule has 1 saturated heterocycles. The number of hydrogen-bond donors (Lipinski definition) is 0. The molecule has 2 aromatic carbocycles. The van der Waals surface area contributed by atoms with E-state index in [0.29, 0.717) is 6.61 Å². The molecular weight excluding hydrogens is 390 g/mol. The number of aryl methyl sites for hydroxylation is 1. The number of rotatable bonds is 1. The Labute approximate surface area is 161 Å². The third kappa shape index (κ3) is 2.51. The summed E-state index contributed by atoms with van der Waals surface area (Å²) in [6.07, 6.45) is 0.896. The molecule has 3 heterocycles. The second-order valence-electron chi connectivity index (χ2n) is 6.98. The molecule has 0 spiro atoms. The van der Waals surface area contributed by atoms with Gasteiger partial charge in [-0.15, -0.1) is 0 Å². The van der Waals surface area contributed by atoms with E-state index >= 15 is 0 Å². The van der Waals surface area contributed by atoms with E-state index in [-0.39, 0.29) is 6.04 Å². The fourth-order valence-corrected chi connectivity index (χ4v) is 4.60. The maximum Gasteiger partial charge on any atom is 0.139 e. The van der Waals surface area contributed by atoms with Gasteiger partial charge < -0.3 is 14.1 Å². The number of halogens is 1. The summed E-state index contributed by atoms with van der Waals surface area (Å²) in [5.41, 5.74) is 6.39. The highest BCUT2D eigenvalue weighted by atomic mass is 79.9. The highest BCUT2D eigenvalue weighted by Gasteiger charge is 2.36. The fraction of sp³-hybridized carbons (Fsp3) is 0.273. The Hall–Kier alpha value is -2.04. The van der Waals surface area contributed by atoms with E-state index in [9.17, 15) is 0 Å². The van der Waals surface area contributed by atoms with Crippen molar-refractivity contribution in [3.05, 3.63) is 75.5 Å².